The molecule has 3 N–H and O–H groups in total. The molecule has 0 spiro atoms. The zero-order chi connectivity index (χ0) is 26.5. The summed E-state index contributed by atoms with van der Waals surface area (Å²) in [6.45, 7) is 7.91. The summed E-state index contributed by atoms with van der Waals surface area (Å²) in [6.07, 6.45) is 3.03. The first-order chi connectivity index (χ1) is 18.5. The average Bonchev–Trinajstić information content (AvgIpc) is 2.93. The second-order valence-corrected chi connectivity index (χ2v) is 9.46. The van der Waals surface area contributed by atoms with E-state index in [9.17, 15) is 4.79 Å². The fourth-order valence-electron chi connectivity index (χ4n) is 4.63. The molecule has 0 aliphatic carbocycles. The zero-order valence-corrected chi connectivity index (χ0v) is 21.7. The Labute approximate surface area is 226 Å². The van der Waals surface area contributed by atoms with Gasteiger partial charge in [0.1, 0.15) is 0 Å². The van der Waals surface area contributed by atoms with Gasteiger partial charge in [-0.3, -0.25) is 9.69 Å². The smallest absolute Gasteiger partial charge is 0.247 e. The minimum absolute atomic E-state index is 0.180. The molecule has 0 atom stereocenters. The first-order valence-corrected chi connectivity index (χ1v) is 12.9. The van der Waals surface area contributed by atoms with Crippen molar-refractivity contribution in [3.05, 3.63) is 84.5 Å². The fraction of sp³-hybridized carbons (Fsp3) is 0.207. The van der Waals surface area contributed by atoms with Crippen molar-refractivity contribution in [2.24, 2.45) is 0 Å². The van der Waals surface area contributed by atoms with E-state index in [1.807, 2.05) is 60.7 Å². The summed E-state index contributed by atoms with van der Waals surface area (Å²) in [5.41, 5.74) is 5.11. The molecule has 3 aromatic carbocycles. The largest absolute Gasteiger partial charge is 0.395 e. The van der Waals surface area contributed by atoms with Gasteiger partial charge in [-0.1, -0.05) is 48.5 Å². The number of halogens is 1. The number of rotatable bonds is 8. The van der Waals surface area contributed by atoms with Crippen LogP contribution in [0.1, 0.15) is 0 Å². The summed E-state index contributed by atoms with van der Waals surface area (Å²) in [5, 5.41) is 16.8. The lowest BCUT2D eigenvalue weighted by Gasteiger charge is -2.36. The van der Waals surface area contributed by atoms with Crippen molar-refractivity contribution in [2.75, 3.05) is 54.9 Å². The van der Waals surface area contributed by atoms with Crippen LogP contribution in [0.4, 0.5) is 23.0 Å². The topological polar surface area (TPSA) is 93.6 Å². The van der Waals surface area contributed by atoms with Gasteiger partial charge in [-0.25, -0.2) is 9.97 Å². The molecule has 38 heavy (non-hydrogen) atoms. The van der Waals surface area contributed by atoms with Gasteiger partial charge in [-0.15, -0.1) is 0 Å². The van der Waals surface area contributed by atoms with E-state index < -0.39 is 0 Å². The number of carbonyl (C=O) groups is 1. The number of piperazine rings is 1. The maximum Gasteiger partial charge on any atom is 0.247 e. The second kappa shape index (κ2) is 11.6. The minimum Gasteiger partial charge on any atom is -0.395 e. The highest BCUT2D eigenvalue weighted by Crippen LogP contribution is 2.32. The maximum absolute atomic E-state index is 11.8. The van der Waals surface area contributed by atoms with Crippen LogP contribution in [0.3, 0.4) is 0 Å². The van der Waals surface area contributed by atoms with Crippen molar-refractivity contribution in [1.82, 2.24) is 14.9 Å². The molecule has 1 amide bonds. The van der Waals surface area contributed by atoms with Crippen LogP contribution in [0.5, 0.6) is 0 Å². The maximum atomic E-state index is 11.8. The zero-order valence-electron chi connectivity index (χ0n) is 20.9. The SMILES string of the molecule is C=CC(=O)Nc1cccc(-c2cccc3cnc(Nc4ccc(N5CCN(CCO)CC5)c(Cl)c4)nc23)c1. The number of aliphatic hydroxyl groups is 1. The molecule has 0 saturated carbocycles. The molecule has 194 valence electrons. The van der Waals surface area contributed by atoms with E-state index in [1.54, 1.807) is 6.20 Å². The first-order valence-electron chi connectivity index (χ1n) is 12.5. The van der Waals surface area contributed by atoms with Crippen molar-refractivity contribution in [2.45, 2.75) is 0 Å². The number of anilines is 4. The molecular weight excluding hydrogens is 500 g/mol. The number of hydrogen-bond acceptors (Lipinski definition) is 7. The number of aliphatic hydroxyl groups excluding tert-OH is 1. The number of nitrogens with one attached hydrogen (secondary N) is 2. The van der Waals surface area contributed by atoms with Gasteiger partial charge in [0, 0.05) is 61.2 Å². The highest BCUT2D eigenvalue weighted by atomic mass is 35.5. The number of para-hydroxylation sites is 1. The Balaban J connectivity index is 1.37. The summed E-state index contributed by atoms with van der Waals surface area (Å²) in [7, 11) is 0. The number of aromatic nitrogens is 2. The van der Waals surface area contributed by atoms with Crippen molar-refractivity contribution in [3.63, 3.8) is 0 Å². The number of β-amino-alcohol motifs (C(OH)–C–C–N with tert-alkyl or cyclic N) is 1. The monoisotopic (exact) mass is 528 g/mol. The van der Waals surface area contributed by atoms with Crippen LogP contribution in [0.15, 0.2) is 79.5 Å². The van der Waals surface area contributed by atoms with Gasteiger partial charge < -0.3 is 20.6 Å². The van der Waals surface area contributed by atoms with Crippen molar-refractivity contribution >= 4 is 51.4 Å². The van der Waals surface area contributed by atoms with Crippen molar-refractivity contribution in [1.29, 1.82) is 0 Å². The number of hydrogen-bond donors (Lipinski definition) is 3. The Bertz CT molecular complexity index is 1470. The summed E-state index contributed by atoms with van der Waals surface area (Å²) in [5.74, 6) is 0.199. The highest BCUT2D eigenvalue weighted by Gasteiger charge is 2.19. The van der Waals surface area contributed by atoms with Gasteiger partial charge in [0.15, 0.2) is 0 Å². The average molecular weight is 529 g/mol. The molecule has 0 unspecified atom stereocenters. The molecule has 4 aromatic rings. The lowest BCUT2D eigenvalue weighted by molar-refractivity contribution is -0.111. The molecule has 1 fully saturated rings. The summed E-state index contributed by atoms with van der Waals surface area (Å²) < 4.78 is 0. The van der Waals surface area contributed by atoms with Gasteiger partial charge in [0.2, 0.25) is 11.9 Å². The van der Waals surface area contributed by atoms with Crippen LogP contribution in [0.2, 0.25) is 5.02 Å². The Morgan fingerprint density at radius 2 is 1.87 bits per heavy atom. The predicted molar refractivity (Wildman–Crippen MR) is 154 cm³/mol. The molecule has 2 heterocycles. The Morgan fingerprint density at radius 1 is 1.05 bits per heavy atom. The third-order valence-corrected chi connectivity index (χ3v) is 6.87. The van der Waals surface area contributed by atoms with E-state index in [0.29, 0.717) is 23.2 Å². The van der Waals surface area contributed by atoms with E-state index in [4.69, 9.17) is 21.7 Å². The van der Waals surface area contributed by atoms with Crippen molar-refractivity contribution < 1.29 is 9.90 Å². The highest BCUT2D eigenvalue weighted by molar-refractivity contribution is 6.33. The minimum atomic E-state index is -0.262. The standard InChI is InChI=1S/C29H29ClN6O2/c1-2-27(38)32-22-7-3-5-20(17-22)24-8-4-6-21-19-31-29(34-28(21)24)33-23-9-10-26(25(30)18-23)36-13-11-35(12-14-36)15-16-37/h2-10,17-19,37H,1,11-16H2,(H,32,38)(H,31,33,34). The molecule has 5 rings (SSSR count). The third kappa shape index (κ3) is 5.78. The summed E-state index contributed by atoms with van der Waals surface area (Å²) >= 11 is 6.68. The molecule has 9 heteroatoms. The van der Waals surface area contributed by atoms with Crippen LogP contribution >= 0.6 is 11.6 Å². The van der Waals surface area contributed by atoms with Crippen LogP contribution in [-0.4, -0.2) is 65.2 Å². The molecule has 0 radical (unpaired) electrons. The van der Waals surface area contributed by atoms with E-state index in [1.165, 1.54) is 6.08 Å². The number of amides is 1. The molecule has 0 bridgehead atoms. The Morgan fingerprint density at radius 3 is 2.63 bits per heavy atom. The molecule has 8 nitrogen and oxygen atoms in total. The number of benzene rings is 3. The van der Waals surface area contributed by atoms with Gasteiger partial charge >= 0.3 is 0 Å². The van der Waals surface area contributed by atoms with E-state index in [-0.39, 0.29) is 12.5 Å². The van der Waals surface area contributed by atoms with E-state index in [2.05, 4.69) is 32.0 Å². The second-order valence-electron chi connectivity index (χ2n) is 9.05. The summed E-state index contributed by atoms with van der Waals surface area (Å²) in [6, 6.07) is 19.4. The molecular formula is C29H29ClN6O2. The fourth-order valence-corrected chi connectivity index (χ4v) is 4.93. The van der Waals surface area contributed by atoms with Gasteiger partial charge in [-0.05, 0) is 42.0 Å². The Hall–Kier alpha value is -3.98. The summed E-state index contributed by atoms with van der Waals surface area (Å²) in [4.78, 5) is 25.6. The van der Waals surface area contributed by atoms with Gasteiger partial charge in [0.05, 0.1) is 22.8 Å². The quantitative estimate of drug-likeness (QED) is 0.279. The molecule has 1 aromatic heterocycles. The predicted octanol–water partition coefficient (Wildman–Crippen LogP) is 4.93. The molecule has 1 aliphatic rings. The lowest BCUT2D eigenvalue weighted by Crippen LogP contribution is -2.47. The number of carbonyl (C=O) groups excluding carboxylic acids is 1. The molecule has 1 aliphatic heterocycles. The van der Waals surface area contributed by atoms with Gasteiger partial charge in [-0.2, -0.15) is 0 Å². The van der Waals surface area contributed by atoms with E-state index in [0.717, 1.165) is 59.6 Å². The van der Waals surface area contributed by atoms with Gasteiger partial charge in [0.25, 0.3) is 0 Å². The third-order valence-electron chi connectivity index (χ3n) is 6.57. The van der Waals surface area contributed by atoms with Crippen LogP contribution in [0, 0.1) is 0 Å². The normalized spacial score (nSPS) is 13.9. The number of nitrogens with zero attached hydrogens (tertiary/aromatic N) is 4. The molecule has 1 saturated heterocycles. The van der Waals surface area contributed by atoms with Crippen LogP contribution < -0.4 is 15.5 Å². The van der Waals surface area contributed by atoms with Crippen LogP contribution in [-0.2, 0) is 4.79 Å². The Kier molecular flexibility index (Phi) is 7.83. The van der Waals surface area contributed by atoms with E-state index >= 15 is 0 Å². The van der Waals surface area contributed by atoms with Crippen molar-refractivity contribution in [3.8, 4) is 11.1 Å². The van der Waals surface area contributed by atoms with Crippen LogP contribution in [0.25, 0.3) is 22.0 Å². The first kappa shape index (κ1) is 25.7. The lowest BCUT2D eigenvalue weighted by atomic mass is 10.0. The number of fused-ring (bicyclic) bond motifs is 1.